The molecule has 0 spiro atoms. The Bertz CT molecular complexity index is 881. The standard InChI is InChI=1S/C19H20N4OS2/c1-22-17(16-5-4-12-25-16)20-21-19(22)26-13-14-6-8-15(9-7-14)18(24)23-10-2-3-11-23/h4-9,12H,2-3,10-11,13H2,1H3. The number of thioether (sulfide) groups is 1. The molecule has 0 radical (unpaired) electrons. The number of amides is 1. The van der Waals surface area contributed by atoms with Gasteiger partial charge in [-0.25, -0.2) is 0 Å². The Hall–Kier alpha value is -2.12. The number of carbonyl (C=O) groups excluding carboxylic acids is 1. The first-order valence-electron chi connectivity index (χ1n) is 8.66. The maximum Gasteiger partial charge on any atom is 0.253 e. The normalized spacial score (nSPS) is 14.1. The molecule has 1 fully saturated rings. The summed E-state index contributed by atoms with van der Waals surface area (Å²) in [6, 6.07) is 12.0. The van der Waals surface area contributed by atoms with Crippen LogP contribution >= 0.6 is 23.1 Å². The second-order valence-electron chi connectivity index (χ2n) is 6.33. The van der Waals surface area contributed by atoms with E-state index >= 15 is 0 Å². The summed E-state index contributed by atoms with van der Waals surface area (Å²) < 4.78 is 2.03. The molecule has 26 heavy (non-hydrogen) atoms. The second kappa shape index (κ2) is 7.63. The molecule has 7 heteroatoms. The average Bonchev–Trinajstić information content (AvgIpc) is 3.42. The lowest BCUT2D eigenvalue weighted by Gasteiger charge is -2.15. The van der Waals surface area contributed by atoms with Crippen molar-refractivity contribution in [1.82, 2.24) is 19.7 Å². The van der Waals surface area contributed by atoms with Gasteiger partial charge < -0.3 is 9.47 Å². The van der Waals surface area contributed by atoms with E-state index in [1.807, 2.05) is 52.2 Å². The molecule has 1 saturated heterocycles. The van der Waals surface area contributed by atoms with E-state index in [4.69, 9.17) is 0 Å². The van der Waals surface area contributed by atoms with Gasteiger partial charge in [0, 0.05) is 31.5 Å². The van der Waals surface area contributed by atoms with Crippen LogP contribution in [0.4, 0.5) is 0 Å². The molecule has 1 aliphatic heterocycles. The minimum Gasteiger partial charge on any atom is -0.339 e. The Balaban J connectivity index is 1.40. The van der Waals surface area contributed by atoms with Gasteiger partial charge in [0.15, 0.2) is 11.0 Å². The van der Waals surface area contributed by atoms with Gasteiger partial charge >= 0.3 is 0 Å². The predicted octanol–water partition coefficient (Wildman–Crippen LogP) is 4.07. The monoisotopic (exact) mass is 384 g/mol. The van der Waals surface area contributed by atoms with E-state index < -0.39 is 0 Å². The first-order chi connectivity index (χ1) is 12.7. The Labute approximate surface area is 161 Å². The quantitative estimate of drug-likeness (QED) is 0.622. The third-order valence-electron chi connectivity index (χ3n) is 4.54. The summed E-state index contributed by atoms with van der Waals surface area (Å²) in [4.78, 5) is 15.5. The van der Waals surface area contributed by atoms with Crippen molar-refractivity contribution in [2.24, 2.45) is 7.05 Å². The van der Waals surface area contributed by atoms with Crippen LogP contribution in [0.1, 0.15) is 28.8 Å². The zero-order valence-electron chi connectivity index (χ0n) is 14.6. The highest BCUT2D eigenvalue weighted by molar-refractivity contribution is 7.98. The number of aromatic nitrogens is 3. The van der Waals surface area contributed by atoms with E-state index in [-0.39, 0.29) is 5.91 Å². The molecule has 1 aliphatic rings. The summed E-state index contributed by atoms with van der Waals surface area (Å²) >= 11 is 3.32. The van der Waals surface area contributed by atoms with Crippen LogP contribution < -0.4 is 0 Å². The number of hydrogen-bond donors (Lipinski definition) is 0. The van der Waals surface area contributed by atoms with Crippen molar-refractivity contribution < 1.29 is 4.79 Å². The molecule has 3 heterocycles. The van der Waals surface area contributed by atoms with E-state index in [9.17, 15) is 4.79 Å². The highest BCUT2D eigenvalue weighted by Gasteiger charge is 2.19. The van der Waals surface area contributed by atoms with Crippen molar-refractivity contribution in [3.63, 3.8) is 0 Å². The summed E-state index contributed by atoms with van der Waals surface area (Å²) in [6.07, 6.45) is 2.23. The van der Waals surface area contributed by atoms with Crippen LogP contribution in [-0.2, 0) is 12.8 Å². The van der Waals surface area contributed by atoms with Crippen molar-refractivity contribution in [2.75, 3.05) is 13.1 Å². The van der Waals surface area contributed by atoms with E-state index in [1.54, 1.807) is 23.1 Å². The molecule has 134 valence electrons. The highest BCUT2D eigenvalue weighted by atomic mass is 32.2. The smallest absolute Gasteiger partial charge is 0.253 e. The molecular formula is C19H20N4OS2. The van der Waals surface area contributed by atoms with Crippen LogP contribution in [0.5, 0.6) is 0 Å². The summed E-state index contributed by atoms with van der Waals surface area (Å²) in [5, 5.41) is 11.5. The Morgan fingerprint density at radius 1 is 1.15 bits per heavy atom. The third kappa shape index (κ3) is 3.54. The third-order valence-corrected chi connectivity index (χ3v) is 6.50. The molecule has 2 aromatic heterocycles. The summed E-state index contributed by atoms with van der Waals surface area (Å²) in [7, 11) is 2.00. The lowest BCUT2D eigenvalue weighted by Crippen LogP contribution is -2.27. The van der Waals surface area contributed by atoms with Gasteiger partial charge in [0.25, 0.3) is 5.91 Å². The average molecular weight is 385 g/mol. The van der Waals surface area contributed by atoms with Gasteiger partial charge in [0.1, 0.15) is 0 Å². The lowest BCUT2D eigenvalue weighted by atomic mass is 10.1. The number of thiophene rings is 1. The number of benzene rings is 1. The molecule has 0 aliphatic carbocycles. The van der Waals surface area contributed by atoms with Gasteiger partial charge in [-0.1, -0.05) is 30.0 Å². The first kappa shape index (κ1) is 17.3. The van der Waals surface area contributed by atoms with Crippen LogP contribution in [0.15, 0.2) is 46.9 Å². The second-order valence-corrected chi connectivity index (χ2v) is 8.22. The number of likely N-dealkylation sites (tertiary alicyclic amines) is 1. The first-order valence-corrected chi connectivity index (χ1v) is 10.5. The molecule has 3 aromatic rings. The largest absolute Gasteiger partial charge is 0.339 e. The Kier molecular flexibility index (Phi) is 5.08. The molecule has 0 unspecified atom stereocenters. The van der Waals surface area contributed by atoms with Gasteiger partial charge in [0.2, 0.25) is 0 Å². The topological polar surface area (TPSA) is 51.0 Å². The van der Waals surface area contributed by atoms with Crippen molar-refractivity contribution >= 4 is 29.0 Å². The minimum atomic E-state index is 0.149. The van der Waals surface area contributed by atoms with Gasteiger partial charge in [-0.3, -0.25) is 4.79 Å². The Morgan fingerprint density at radius 3 is 2.62 bits per heavy atom. The number of carbonyl (C=O) groups is 1. The van der Waals surface area contributed by atoms with Gasteiger partial charge in [-0.2, -0.15) is 0 Å². The van der Waals surface area contributed by atoms with Crippen molar-refractivity contribution in [1.29, 1.82) is 0 Å². The maximum absolute atomic E-state index is 12.4. The van der Waals surface area contributed by atoms with E-state index in [0.717, 1.165) is 53.1 Å². The lowest BCUT2D eigenvalue weighted by molar-refractivity contribution is 0.0793. The highest BCUT2D eigenvalue weighted by Crippen LogP contribution is 2.27. The SMILES string of the molecule is Cn1c(SCc2ccc(C(=O)N3CCCC3)cc2)nnc1-c1cccs1. The van der Waals surface area contributed by atoms with Crippen LogP contribution in [0.3, 0.4) is 0 Å². The van der Waals surface area contributed by atoms with Crippen molar-refractivity contribution in [3.05, 3.63) is 52.9 Å². The van der Waals surface area contributed by atoms with E-state index in [1.165, 1.54) is 5.56 Å². The number of rotatable bonds is 5. The molecule has 4 rings (SSSR count). The van der Waals surface area contributed by atoms with Crippen LogP contribution in [0.2, 0.25) is 0 Å². The van der Waals surface area contributed by atoms with Crippen LogP contribution in [0, 0.1) is 0 Å². The molecule has 0 N–H and O–H groups in total. The van der Waals surface area contributed by atoms with Crippen LogP contribution in [0.25, 0.3) is 10.7 Å². The molecule has 1 amide bonds. The molecule has 0 saturated carbocycles. The zero-order valence-corrected chi connectivity index (χ0v) is 16.2. The van der Waals surface area contributed by atoms with Crippen molar-refractivity contribution in [3.8, 4) is 10.7 Å². The number of hydrogen-bond acceptors (Lipinski definition) is 5. The summed E-state index contributed by atoms with van der Waals surface area (Å²) in [5.41, 5.74) is 1.95. The molecular weight excluding hydrogens is 364 g/mol. The summed E-state index contributed by atoms with van der Waals surface area (Å²) in [5.74, 6) is 1.85. The Morgan fingerprint density at radius 2 is 1.92 bits per heavy atom. The maximum atomic E-state index is 12.4. The minimum absolute atomic E-state index is 0.149. The fourth-order valence-corrected chi connectivity index (χ4v) is 4.67. The van der Waals surface area contributed by atoms with Gasteiger partial charge in [-0.05, 0) is 42.0 Å². The molecule has 0 bridgehead atoms. The molecule has 0 atom stereocenters. The zero-order chi connectivity index (χ0) is 17.9. The van der Waals surface area contributed by atoms with Gasteiger partial charge in [-0.15, -0.1) is 21.5 Å². The van der Waals surface area contributed by atoms with Crippen LogP contribution in [-0.4, -0.2) is 38.7 Å². The molecule has 1 aromatic carbocycles. The van der Waals surface area contributed by atoms with Crippen molar-refractivity contribution in [2.45, 2.75) is 23.8 Å². The van der Waals surface area contributed by atoms with E-state index in [2.05, 4.69) is 16.3 Å². The van der Waals surface area contributed by atoms with E-state index in [0.29, 0.717) is 0 Å². The number of nitrogens with zero attached hydrogens (tertiary/aromatic N) is 4. The fourth-order valence-electron chi connectivity index (χ4n) is 3.06. The van der Waals surface area contributed by atoms with Gasteiger partial charge in [0.05, 0.1) is 4.88 Å². The summed E-state index contributed by atoms with van der Waals surface area (Å²) in [6.45, 7) is 1.77. The fraction of sp³-hybridized carbons (Fsp3) is 0.316. The predicted molar refractivity (Wildman–Crippen MR) is 105 cm³/mol. The molecule has 5 nitrogen and oxygen atoms in total.